The number of carboxylic acid groups (broad SMARTS) is 1. The van der Waals surface area contributed by atoms with Gasteiger partial charge in [-0.2, -0.15) is 0 Å². The number of carbonyl (C=O) groups is 1. The summed E-state index contributed by atoms with van der Waals surface area (Å²) < 4.78 is 21.3. The number of aromatic carboxylic acids is 1. The Hall–Kier alpha value is -2.53. The van der Waals surface area contributed by atoms with Gasteiger partial charge in [-0.1, -0.05) is 18.5 Å². The molecule has 0 atom stereocenters. The maximum absolute atomic E-state index is 13.7. The van der Waals surface area contributed by atoms with Gasteiger partial charge in [0.1, 0.15) is 17.3 Å². The molecule has 3 aromatic rings. The quantitative estimate of drug-likeness (QED) is 0.508. The molecule has 0 fully saturated rings. The molecule has 0 saturated carbocycles. The van der Waals surface area contributed by atoms with Gasteiger partial charge in [0.05, 0.1) is 6.61 Å². The summed E-state index contributed by atoms with van der Waals surface area (Å²) in [5, 5.41) is 11.1. The normalized spacial score (nSPS) is 11.2. The second-order valence-electron chi connectivity index (χ2n) is 6.87. The Morgan fingerprint density at radius 3 is 2.50 bits per heavy atom. The van der Waals surface area contributed by atoms with Crippen LogP contribution in [0.1, 0.15) is 40.5 Å². The van der Waals surface area contributed by atoms with Gasteiger partial charge in [0, 0.05) is 22.5 Å². The molecule has 1 aromatic heterocycles. The molecule has 6 heteroatoms. The number of aryl methyl sites for hydroxylation is 4. The molecule has 1 heterocycles. The second-order valence-corrected chi connectivity index (χ2v) is 7.25. The van der Waals surface area contributed by atoms with E-state index < -0.39 is 5.97 Å². The number of nitrogens with zero attached hydrogens (tertiary/aromatic N) is 1. The first kappa shape index (κ1) is 20.2. The molecule has 0 spiro atoms. The Morgan fingerprint density at radius 1 is 1.21 bits per heavy atom. The van der Waals surface area contributed by atoms with Crippen LogP contribution < -0.4 is 4.74 Å². The number of hydrogen-bond donors (Lipinski definition) is 1. The first-order chi connectivity index (χ1) is 13.3. The first-order valence-electron chi connectivity index (χ1n) is 9.27. The monoisotopic (exact) mass is 403 g/mol. The van der Waals surface area contributed by atoms with Crippen molar-refractivity contribution in [1.29, 1.82) is 0 Å². The van der Waals surface area contributed by atoms with Crippen molar-refractivity contribution in [3.8, 4) is 5.75 Å². The number of halogens is 2. The average Bonchev–Trinajstić information content (AvgIpc) is 2.96. The van der Waals surface area contributed by atoms with E-state index in [9.17, 15) is 14.3 Å². The lowest BCUT2D eigenvalue weighted by Gasteiger charge is -2.12. The molecule has 1 N–H and O–H groups in total. The minimum absolute atomic E-state index is 0.223. The molecule has 148 valence electrons. The number of aromatic nitrogens is 1. The van der Waals surface area contributed by atoms with E-state index in [1.165, 1.54) is 12.1 Å². The van der Waals surface area contributed by atoms with Crippen molar-refractivity contribution in [3.63, 3.8) is 0 Å². The molecule has 0 bridgehead atoms. The Morgan fingerprint density at radius 2 is 1.89 bits per heavy atom. The predicted molar refractivity (Wildman–Crippen MR) is 109 cm³/mol. The zero-order chi connectivity index (χ0) is 20.4. The van der Waals surface area contributed by atoms with E-state index in [2.05, 4.69) is 0 Å². The smallest absolute Gasteiger partial charge is 0.352 e. The zero-order valence-corrected chi connectivity index (χ0v) is 16.9. The van der Waals surface area contributed by atoms with Crippen molar-refractivity contribution < 1.29 is 19.0 Å². The van der Waals surface area contributed by atoms with Crippen LogP contribution in [0.3, 0.4) is 0 Å². The average molecular weight is 404 g/mol. The van der Waals surface area contributed by atoms with Gasteiger partial charge in [0.2, 0.25) is 0 Å². The Kier molecular flexibility index (Phi) is 5.94. The van der Waals surface area contributed by atoms with Crippen molar-refractivity contribution in [2.45, 2.75) is 40.2 Å². The van der Waals surface area contributed by atoms with E-state index >= 15 is 0 Å². The Labute approximate surface area is 168 Å². The number of benzene rings is 2. The molecule has 3 rings (SSSR count). The number of ether oxygens (including phenoxy) is 1. The molecular weight excluding hydrogens is 381 g/mol. The molecule has 0 aliphatic heterocycles. The highest BCUT2D eigenvalue weighted by Crippen LogP contribution is 2.29. The lowest BCUT2D eigenvalue weighted by Crippen LogP contribution is -2.12. The maximum atomic E-state index is 13.7. The second kappa shape index (κ2) is 8.23. The predicted octanol–water partition coefficient (Wildman–Crippen LogP) is 5.78. The highest BCUT2D eigenvalue weighted by atomic mass is 35.5. The molecule has 4 nitrogen and oxygen atoms in total. The fraction of sp³-hybridized carbons (Fsp3) is 0.318. The molecule has 0 radical (unpaired) electrons. The fourth-order valence-corrected chi connectivity index (χ4v) is 3.74. The van der Waals surface area contributed by atoms with Gasteiger partial charge in [-0.3, -0.25) is 0 Å². The van der Waals surface area contributed by atoms with Crippen LogP contribution in [0.4, 0.5) is 4.39 Å². The molecule has 0 aliphatic carbocycles. The van der Waals surface area contributed by atoms with Crippen molar-refractivity contribution in [3.05, 3.63) is 63.6 Å². The minimum atomic E-state index is -1.00. The zero-order valence-electron chi connectivity index (χ0n) is 16.2. The summed E-state index contributed by atoms with van der Waals surface area (Å²) in [6.07, 6.45) is 1.14. The summed E-state index contributed by atoms with van der Waals surface area (Å²) in [5.74, 6) is -0.627. The van der Waals surface area contributed by atoms with Gasteiger partial charge >= 0.3 is 5.97 Å². The van der Waals surface area contributed by atoms with Crippen LogP contribution in [0.2, 0.25) is 5.02 Å². The van der Waals surface area contributed by atoms with Crippen LogP contribution in [-0.2, 0) is 13.0 Å². The lowest BCUT2D eigenvalue weighted by atomic mass is 10.1. The largest absolute Gasteiger partial charge is 0.494 e. The van der Waals surface area contributed by atoms with Crippen LogP contribution in [0.25, 0.3) is 10.9 Å². The van der Waals surface area contributed by atoms with Crippen LogP contribution in [0.5, 0.6) is 5.75 Å². The molecule has 0 aliphatic rings. The summed E-state index contributed by atoms with van der Waals surface area (Å²) in [6, 6.07) is 8.19. The minimum Gasteiger partial charge on any atom is -0.494 e. The van der Waals surface area contributed by atoms with Gasteiger partial charge in [0.15, 0.2) is 0 Å². The lowest BCUT2D eigenvalue weighted by molar-refractivity contribution is 0.0684. The maximum Gasteiger partial charge on any atom is 0.352 e. The summed E-state index contributed by atoms with van der Waals surface area (Å²) >= 11 is 6.18. The van der Waals surface area contributed by atoms with Crippen molar-refractivity contribution in [2.75, 3.05) is 6.61 Å². The van der Waals surface area contributed by atoms with E-state index in [4.69, 9.17) is 16.3 Å². The van der Waals surface area contributed by atoms with E-state index in [-0.39, 0.29) is 11.5 Å². The molecule has 2 aromatic carbocycles. The third-order valence-corrected chi connectivity index (χ3v) is 5.49. The summed E-state index contributed by atoms with van der Waals surface area (Å²) in [6.45, 7) is 6.64. The van der Waals surface area contributed by atoms with Gasteiger partial charge in [-0.05, 0) is 73.7 Å². The summed E-state index contributed by atoms with van der Waals surface area (Å²) in [4.78, 5) is 11.9. The number of fused-ring (bicyclic) bond motifs is 1. The van der Waals surface area contributed by atoms with Crippen LogP contribution in [0.15, 0.2) is 30.3 Å². The van der Waals surface area contributed by atoms with E-state index in [0.717, 1.165) is 27.4 Å². The highest BCUT2D eigenvalue weighted by Gasteiger charge is 2.21. The van der Waals surface area contributed by atoms with E-state index in [0.29, 0.717) is 36.9 Å². The molecular formula is C22H23ClFNO3. The van der Waals surface area contributed by atoms with E-state index in [1.807, 2.05) is 32.9 Å². The number of carboxylic acids is 1. The van der Waals surface area contributed by atoms with Crippen molar-refractivity contribution in [2.24, 2.45) is 0 Å². The van der Waals surface area contributed by atoms with Gasteiger partial charge in [-0.15, -0.1) is 0 Å². The first-order valence-corrected chi connectivity index (χ1v) is 9.64. The molecule has 28 heavy (non-hydrogen) atoms. The van der Waals surface area contributed by atoms with Gasteiger partial charge in [0.25, 0.3) is 0 Å². The van der Waals surface area contributed by atoms with Crippen molar-refractivity contribution >= 4 is 28.5 Å². The fourth-order valence-electron chi connectivity index (χ4n) is 3.63. The third-order valence-electron chi connectivity index (χ3n) is 4.89. The molecule has 0 saturated heterocycles. The van der Waals surface area contributed by atoms with Crippen molar-refractivity contribution in [1.82, 2.24) is 4.57 Å². The summed E-state index contributed by atoms with van der Waals surface area (Å²) in [7, 11) is 0. The van der Waals surface area contributed by atoms with Gasteiger partial charge < -0.3 is 14.4 Å². The topological polar surface area (TPSA) is 51.5 Å². The van der Waals surface area contributed by atoms with Crippen LogP contribution in [-0.4, -0.2) is 22.2 Å². The Bertz CT molecular complexity index is 1020. The number of rotatable bonds is 7. The third kappa shape index (κ3) is 3.85. The Balaban J connectivity index is 1.81. The van der Waals surface area contributed by atoms with Crippen LogP contribution >= 0.6 is 11.6 Å². The summed E-state index contributed by atoms with van der Waals surface area (Å²) in [5.41, 5.74) is 3.52. The van der Waals surface area contributed by atoms with E-state index in [1.54, 1.807) is 10.6 Å². The van der Waals surface area contributed by atoms with Gasteiger partial charge in [-0.25, -0.2) is 9.18 Å². The van der Waals surface area contributed by atoms with Crippen LogP contribution in [0, 0.1) is 19.7 Å². The standard InChI is InChI=1S/C22H23ClFNO3/c1-4-17-18-12-15(24)6-7-19(18)25(21(17)22(26)27)8-5-9-28-16-10-13(2)20(23)14(3)11-16/h6-7,10-12H,4-5,8-9H2,1-3H3,(H,26,27). The SMILES string of the molecule is CCc1c(C(=O)O)n(CCCOc2cc(C)c(Cl)c(C)c2)c2ccc(F)cc12. The molecule has 0 amide bonds. The molecule has 0 unspecified atom stereocenters. The number of hydrogen-bond acceptors (Lipinski definition) is 2. The highest BCUT2D eigenvalue weighted by molar-refractivity contribution is 6.32.